The third-order valence-corrected chi connectivity index (χ3v) is 4.11. The summed E-state index contributed by atoms with van der Waals surface area (Å²) in [5, 5.41) is 3.77. The minimum Gasteiger partial charge on any atom is -0.465 e. The molecule has 4 nitrogen and oxygen atoms in total. The van der Waals surface area contributed by atoms with Crippen molar-refractivity contribution in [2.75, 3.05) is 12.4 Å². The highest BCUT2D eigenvalue weighted by Crippen LogP contribution is 2.38. The van der Waals surface area contributed by atoms with Crippen molar-refractivity contribution in [3.05, 3.63) is 16.0 Å². The van der Waals surface area contributed by atoms with Crippen LogP contribution in [0.25, 0.3) is 0 Å². The number of hydrogen-bond acceptors (Lipinski definition) is 4. The maximum absolute atomic E-state index is 11.8. The van der Waals surface area contributed by atoms with Crippen LogP contribution < -0.4 is 11.1 Å². The largest absolute Gasteiger partial charge is 0.465 e. The summed E-state index contributed by atoms with van der Waals surface area (Å²) in [4.78, 5) is 13.1. The van der Waals surface area contributed by atoms with Gasteiger partial charge in [-0.1, -0.05) is 0 Å². The van der Waals surface area contributed by atoms with Crippen molar-refractivity contribution in [3.63, 3.8) is 0 Å². The van der Waals surface area contributed by atoms with E-state index < -0.39 is 0 Å². The number of nitrogens with two attached hydrogens (primary N) is 1. The van der Waals surface area contributed by atoms with E-state index in [1.165, 1.54) is 18.4 Å². The number of nitrogens with one attached hydrogen (secondary N) is 1. The zero-order valence-corrected chi connectivity index (χ0v) is 11.2. The molecule has 0 aliphatic heterocycles. The smallest absolute Gasteiger partial charge is 0.341 e. The molecule has 17 heavy (non-hydrogen) atoms. The van der Waals surface area contributed by atoms with Crippen molar-refractivity contribution in [3.8, 4) is 0 Å². The summed E-state index contributed by atoms with van der Waals surface area (Å²) >= 11 is 6.38. The molecule has 0 spiro atoms. The van der Waals surface area contributed by atoms with Gasteiger partial charge in [0, 0.05) is 4.88 Å². The lowest BCUT2D eigenvalue weighted by atomic mass is 9.95. The maximum Gasteiger partial charge on any atom is 0.341 e. The minimum absolute atomic E-state index is 0.175. The Morgan fingerprint density at radius 2 is 2.18 bits per heavy atom. The highest BCUT2D eigenvalue weighted by molar-refractivity contribution is 7.80. The molecule has 0 atom stereocenters. The van der Waals surface area contributed by atoms with Crippen molar-refractivity contribution >= 4 is 39.6 Å². The van der Waals surface area contributed by atoms with Crippen LogP contribution in [0.1, 0.15) is 33.6 Å². The lowest BCUT2D eigenvalue weighted by Gasteiger charge is -2.11. The van der Waals surface area contributed by atoms with E-state index in [0.29, 0.717) is 5.56 Å². The zero-order valence-electron chi connectivity index (χ0n) is 9.54. The molecule has 0 saturated carbocycles. The molecule has 0 bridgehead atoms. The topological polar surface area (TPSA) is 64.3 Å². The zero-order chi connectivity index (χ0) is 12.4. The number of methoxy groups -OCH3 is 1. The number of carbonyl (C=O) groups excluding carboxylic acids is 1. The summed E-state index contributed by atoms with van der Waals surface area (Å²) in [6.45, 7) is 0. The van der Waals surface area contributed by atoms with E-state index >= 15 is 0 Å². The van der Waals surface area contributed by atoms with Gasteiger partial charge in [-0.05, 0) is 43.5 Å². The van der Waals surface area contributed by atoms with Crippen molar-refractivity contribution < 1.29 is 9.53 Å². The molecule has 0 aromatic carbocycles. The second-order valence-electron chi connectivity index (χ2n) is 3.90. The predicted octanol–water partition coefficient (Wildman–Crippen LogP) is 2.07. The highest BCUT2D eigenvalue weighted by atomic mass is 32.1. The van der Waals surface area contributed by atoms with Gasteiger partial charge in [0.25, 0.3) is 0 Å². The molecule has 1 aromatic heterocycles. The molecule has 1 heterocycles. The normalized spacial score (nSPS) is 13.9. The van der Waals surface area contributed by atoms with Crippen LogP contribution in [0.2, 0.25) is 0 Å². The molecule has 1 aromatic rings. The number of esters is 1. The summed E-state index contributed by atoms with van der Waals surface area (Å²) in [5.41, 5.74) is 7.18. The highest BCUT2D eigenvalue weighted by Gasteiger charge is 2.26. The average molecular weight is 270 g/mol. The Balaban J connectivity index is 2.46. The fraction of sp³-hybridized carbons (Fsp3) is 0.455. The molecule has 0 amide bonds. The molecular formula is C11H14N2O2S2. The SMILES string of the molecule is COC(=O)c1c(NC(N)=S)sc2c1CCCC2. The average Bonchev–Trinajstić information content (AvgIpc) is 2.65. The van der Waals surface area contributed by atoms with E-state index in [9.17, 15) is 4.79 Å². The number of rotatable bonds is 2. The van der Waals surface area contributed by atoms with Crippen molar-refractivity contribution in [1.29, 1.82) is 0 Å². The van der Waals surface area contributed by atoms with E-state index in [1.807, 2.05) is 0 Å². The maximum atomic E-state index is 11.8. The molecule has 6 heteroatoms. The Labute approximate surface area is 109 Å². The second-order valence-corrected chi connectivity index (χ2v) is 5.44. The Bertz CT molecular complexity index is 468. The minimum atomic E-state index is -0.317. The number of thiocarbonyl (C=S) groups is 1. The van der Waals surface area contributed by atoms with Crippen LogP contribution in [-0.4, -0.2) is 18.2 Å². The molecule has 1 aliphatic carbocycles. The molecular weight excluding hydrogens is 256 g/mol. The van der Waals surface area contributed by atoms with Crippen LogP contribution in [-0.2, 0) is 17.6 Å². The fourth-order valence-corrected chi connectivity index (χ4v) is 3.54. The van der Waals surface area contributed by atoms with Gasteiger partial charge < -0.3 is 15.8 Å². The van der Waals surface area contributed by atoms with Gasteiger partial charge in [-0.3, -0.25) is 0 Å². The van der Waals surface area contributed by atoms with Crippen LogP contribution in [0.3, 0.4) is 0 Å². The van der Waals surface area contributed by atoms with Crippen LogP contribution in [0.4, 0.5) is 5.00 Å². The molecule has 0 unspecified atom stereocenters. The van der Waals surface area contributed by atoms with Crippen molar-refractivity contribution in [1.82, 2.24) is 0 Å². The number of thiophene rings is 1. The first-order chi connectivity index (χ1) is 8.13. The molecule has 1 aliphatic rings. The summed E-state index contributed by atoms with van der Waals surface area (Å²) < 4.78 is 4.83. The monoisotopic (exact) mass is 270 g/mol. The molecule has 3 N–H and O–H groups in total. The number of ether oxygens (including phenoxy) is 1. The quantitative estimate of drug-likeness (QED) is 0.636. The Morgan fingerprint density at radius 1 is 1.47 bits per heavy atom. The van der Waals surface area contributed by atoms with Gasteiger partial charge in [0.15, 0.2) is 5.11 Å². The number of aryl methyl sites for hydroxylation is 1. The van der Waals surface area contributed by atoms with Gasteiger partial charge in [-0.15, -0.1) is 11.3 Å². The lowest BCUT2D eigenvalue weighted by molar-refractivity contribution is 0.0601. The third kappa shape index (κ3) is 2.42. The van der Waals surface area contributed by atoms with Crippen LogP contribution in [0.15, 0.2) is 0 Å². The van der Waals surface area contributed by atoms with Gasteiger partial charge in [-0.25, -0.2) is 4.79 Å². The van der Waals surface area contributed by atoms with Gasteiger partial charge in [0.1, 0.15) is 5.00 Å². The van der Waals surface area contributed by atoms with Crippen molar-refractivity contribution in [2.45, 2.75) is 25.7 Å². The van der Waals surface area contributed by atoms with E-state index in [0.717, 1.165) is 29.8 Å². The first-order valence-corrected chi connectivity index (χ1v) is 6.65. The fourth-order valence-electron chi connectivity index (χ4n) is 2.08. The first-order valence-electron chi connectivity index (χ1n) is 5.42. The number of carbonyl (C=O) groups is 1. The second kappa shape index (κ2) is 5.01. The van der Waals surface area contributed by atoms with Gasteiger partial charge in [0.05, 0.1) is 12.7 Å². The van der Waals surface area contributed by atoms with Crippen LogP contribution >= 0.6 is 23.6 Å². The standard InChI is InChI=1S/C11H14N2O2S2/c1-15-10(14)8-6-4-2-3-5-7(6)17-9(8)13-11(12)16/h2-5H2,1H3,(H3,12,13,16). The first kappa shape index (κ1) is 12.3. The van der Waals surface area contributed by atoms with E-state index in [4.69, 9.17) is 22.7 Å². The number of anilines is 1. The van der Waals surface area contributed by atoms with Crippen LogP contribution in [0, 0.1) is 0 Å². The van der Waals surface area contributed by atoms with Gasteiger partial charge in [0.2, 0.25) is 0 Å². The number of hydrogen-bond donors (Lipinski definition) is 2. The lowest BCUT2D eigenvalue weighted by Crippen LogP contribution is -2.20. The van der Waals surface area contributed by atoms with Crippen LogP contribution in [0.5, 0.6) is 0 Å². The Kier molecular flexibility index (Phi) is 3.63. The number of fused-ring (bicyclic) bond motifs is 1. The van der Waals surface area contributed by atoms with E-state index in [1.54, 1.807) is 11.3 Å². The molecule has 0 radical (unpaired) electrons. The van der Waals surface area contributed by atoms with Gasteiger partial charge >= 0.3 is 5.97 Å². The Hall–Kier alpha value is -1.14. The molecule has 0 saturated heterocycles. The van der Waals surface area contributed by atoms with Crippen molar-refractivity contribution in [2.24, 2.45) is 5.73 Å². The molecule has 2 rings (SSSR count). The third-order valence-electron chi connectivity index (χ3n) is 2.80. The summed E-state index contributed by atoms with van der Waals surface area (Å²) in [6, 6.07) is 0. The van der Waals surface area contributed by atoms with E-state index in [2.05, 4.69) is 5.32 Å². The summed E-state index contributed by atoms with van der Waals surface area (Å²) in [7, 11) is 1.39. The molecule has 0 fully saturated rings. The van der Waals surface area contributed by atoms with E-state index in [-0.39, 0.29) is 11.1 Å². The molecule has 92 valence electrons. The summed E-state index contributed by atoms with van der Waals surface area (Å²) in [5.74, 6) is -0.317. The van der Waals surface area contributed by atoms with Gasteiger partial charge in [-0.2, -0.15) is 0 Å². The Morgan fingerprint density at radius 3 is 2.82 bits per heavy atom. The summed E-state index contributed by atoms with van der Waals surface area (Å²) in [6.07, 6.45) is 4.22. The predicted molar refractivity (Wildman–Crippen MR) is 72.7 cm³/mol.